The van der Waals surface area contributed by atoms with E-state index in [2.05, 4.69) is 21.0 Å². The molecule has 1 aromatic heterocycles. The Morgan fingerprint density at radius 3 is 2.94 bits per heavy atom. The summed E-state index contributed by atoms with van der Waals surface area (Å²) in [6.45, 7) is 0.948. The number of anilines is 1. The highest BCUT2D eigenvalue weighted by molar-refractivity contribution is 9.10. The maximum atomic E-state index is 13.0. The third kappa shape index (κ3) is 3.20. The van der Waals surface area contributed by atoms with Gasteiger partial charge in [-0.25, -0.2) is 4.39 Å². The zero-order valence-corrected chi connectivity index (χ0v) is 10.5. The molecule has 0 aliphatic heterocycles. The lowest BCUT2D eigenvalue weighted by atomic mass is 10.3. The number of halogens is 2. The van der Waals surface area contributed by atoms with E-state index in [0.29, 0.717) is 24.7 Å². The van der Waals surface area contributed by atoms with Crippen molar-refractivity contribution >= 4 is 21.7 Å². The summed E-state index contributed by atoms with van der Waals surface area (Å²) in [5.41, 5.74) is 5.48. The fourth-order valence-electron chi connectivity index (χ4n) is 1.34. The summed E-state index contributed by atoms with van der Waals surface area (Å²) < 4.78 is 20.8. The third-order valence-electron chi connectivity index (χ3n) is 2.13. The quantitative estimate of drug-likeness (QED) is 0.943. The second-order valence-corrected chi connectivity index (χ2v) is 4.28. The molecule has 0 saturated carbocycles. The normalized spacial score (nSPS) is 10.5. The van der Waals surface area contributed by atoms with Crippen LogP contribution < -0.4 is 10.5 Å². The Hall–Kier alpha value is -1.56. The zero-order chi connectivity index (χ0) is 12.3. The van der Waals surface area contributed by atoms with E-state index in [0.717, 1.165) is 4.47 Å². The molecule has 0 spiro atoms. The van der Waals surface area contributed by atoms with Crippen molar-refractivity contribution in [1.82, 2.24) is 9.78 Å². The highest BCUT2D eigenvalue weighted by Crippen LogP contribution is 2.25. The van der Waals surface area contributed by atoms with Crippen molar-refractivity contribution in [2.75, 3.05) is 12.3 Å². The molecule has 4 nitrogen and oxygen atoms in total. The van der Waals surface area contributed by atoms with Crippen LogP contribution in [0.15, 0.2) is 34.9 Å². The van der Waals surface area contributed by atoms with E-state index in [1.165, 1.54) is 12.1 Å². The van der Waals surface area contributed by atoms with Crippen LogP contribution in [0.5, 0.6) is 5.75 Å². The highest BCUT2D eigenvalue weighted by atomic mass is 79.9. The van der Waals surface area contributed by atoms with E-state index in [9.17, 15) is 4.39 Å². The molecule has 1 heterocycles. The fraction of sp³-hybridized carbons (Fsp3) is 0.182. The first-order chi connectivity index (χ1) is 8.15. The van der Waals surface area contributed by atoms with Crippen LogP contribution in [0.4, 0.5) is 10.2 Å². The van der Waals surface area contributed by atoms with E-state index >= 15 is 0 Å². The number of ether oxygens (including phenoxy) is 1. The molecule has 0 bridgehead atoms. The van der Waals surface area contributed by atoms with Gasteiger partial charge >= 0.3 is 0 Å². The topological polar surface area (TPSA) is 53.1 Å². The van der Waals surface area contributed by atoms with Crippen LogP contribution in [-0.4, -0.2) is 16.4 Å². The van der Waals surface area contributed by atoms with Crippen molar-refractivity contribution in [3.8, 4) is 5.75 Å². The predicted octanol–water partition coefficient (Wildman–Crippen LogP) is 2.45. The molecule has 0 fully saturated rings. The minimum Gasteiger partial charge on any atom is -0.490 e. The van der Waals surface area contributed by atoms with Crippen LogP contribution in [0.3, 0.4) is 0 Å². The summed E-state index contributed by atoms with van der Waals surface area (Å²) in [5, 5.41) is 4.01. The third-order valence-corrected chi connectivity index (χ3v) is 2.79. The van der Waals surface area contributed by atoms with Crippen LogP contribution in [0.2, 0.25) is 0 Å². The Balaban J connectivity index is 1.91. The van der Waals surface area contributed by atoms with Gasteiger partial charge in [0.1, 0.15) is 24.0 Å². The van der Waals surface area contributed by atoms with Crippen molar-refractivity contribution in [2.45, 2.75) is 6.54 Å². The lowest BCUT2D eigenvalue weighted by molar-refractivity contribution is 0.288. The first-order valence-electron chi connectivity index (χ1n) is 5.02. The lowest BCUT2D eigenvalue weighted by Crippen LogP contribution is -2.09. The molecule has 2 aromatic rings. The molecule has 0 atom stereocenters. The summed E-state index contributed by atoms with van der Waals surface area (Å²) in [4.78, 5) is 0. The van der Waals surface area contributed by atoms with E-state index in [1.807, 2.05) is 0 Å². The average molecular weight is 300 g/mol. The number of aromatic nitrogens is 2. The van der Waals surface area contributed by atoms with Crippen LogP contribution in [0.1, 0.15) is 0 Å². The fourth-order valence-corrected chi connectivity index (χ4v) is 1.70. The standard InChI is InChI=1S/C11H11BrFN3O/c12-9-2-1-8(13)7-10(9)17-6-5-16-4-3-11(14)15-16/h1-4,7H,5-6H2,(H2,14,15). The number of nitrogens with two attached hydrogens (primary N) is 1. The monoisotopic (exact) mass is 299 g/mol. The second kappa shape index (κ2) is 5.18. The SMILES string of the molecule is Nc1ccn(CCOc2cc(F)ccc2Br)n1. The van der Waals surface area contributed by atoms with Gasteiger partial charge in [0.25, 0.3) is 0 Å². The summed E-state index contributed by atoms with van der Waals surface area (Å²) in [6.07, 6.45) is 1.76. The van der Waals surface area contributed by atoms with Gasteiger partial charge in [0.2, 0.25) is 0 Å². The van der Waals surface area contributed by atoms with Crippen molar-refractivity contribution < 1.29 is 9.13 Å². The minimum absolute atomic E-state index is 0.327. The number of rotatable bonds is 4. The van der Waals surface area contributed by atoms with Gasteiger partial charge in [0, 0.05) is 12.3 Å². The van der Waals surface area contributed by atoms with Crippen LogP contribution >= 0.6 is 15.9 Å². The largest absolute Gasteiger partial charge is 0.490 e. The Morgan fingerprint density at radius 2 is 2.24 bits per heavy atom. The maximum Gasteiger partial charge on any atom is 0.145 e. The molecule has 1 aromatic carbocycles. The van der Waals surface area contributed by atoms with Crippen LogP contribution in [0.25, 0.3) is 0 Å². The zero-order valence-electron chi connectivity index (χ0n) is 8.94. The summed E-state index contributed by atoms with van der Waals surface area (Å²) >= 11 is 3.29. The minimum atomic E-state index is -0.327. The number of hydrogen-bond acceptors (Lipinski definition) is 3. The molecular weight excluding hydrogens is 289 g/mol. The van der Waals surface area contributed by atoms with Crippen LogP contribution in [0, 0.1) is 5.82 Å². The van der Waals surface area contributed by atoms with Crippen molar-refractivity contribution in [1.29, 1.82) is 0 Å². The van der Waals surface area contributed by atoms with Crippen molar-refractivity contribution in [3.05, 3.63) is 40.8 Å². The Morgan fingerprint density at radius 1 is 1.41 bits per heavy atom. The highest BCUT2D eigenvalue weighted by Gasteiger charge is 2.03. The molecule has 90 valence electrons. The number of nitrogens with zero attached hydrogens (tertiary/aromatic N) is 2. The molecule has 2 rings (SSSR count). The molecule has 2 N–H and O–H groups in total. The summed E-state index contributed by atoms with van der Waals surface area (Å²) in [7, 11) is 0. The number of nitrogen functional groups attached to an aromatic ring is 1. The van der Waals surface area contributed by atoms with E-state index in [-0.39, 0.29) is 5.82 Å². The molecular formula is C11H11BrFN3O. The molecule has 17 heavy (non-hydrogen) atoms. The second-order valence-electron chi connectivity index (χ2n) is 3.43. The predicted molar refractivity (Wildman–Crippen MR) is 66.2 cm³/mol. The molecule has 0 aliphatic carbocycles. The smallest absolute Gasteiger partial charge is 0.145 e. The van der Waals surface area contributed by atoms with Gasteiger partial charge in [-0.05, 0) is 34.1 Å². The summed E-state index contributed by atoms with van der Waals surface area (Å²) in [6, 6.07) is 6.02. The Bertz CT molecular complexity index is 515. The Labute approximate surface area is 106 Å². The lowest BCUT2D eigenvalue weighted by Gasteiger charge is -2.08. The van der Waals surface area contributed by atoms with Crippen molar-refractivity contribution in [2.24, 2.45) is 0 Å². The Kier molecular flexibility index (Phi) is 3.63. The van der Waals surface area contributed by atoms with E-state index < -0.39 is 0 Å². The maximum absolute atomic E-state index is 13.0. The first-order valence-corrected chi connectivity index (χ1v) is 5.81. The van der Waals surface area contributed by atoms with Gasteiger partial charge < -0.3 is 10.5 Å². The summed E-state index contributed by atoms with van der Waals surface area (Å²) in [5.74, 6) is 0.619. The van der Waals surface area contributed by atoms with Crippen LogP contribution in [-0.2, 0) is 6.54 Å². The number of benzene rings is 1. The van der Waals surface area contributed by atoms with Crippen molar-refractivity contribution in [3.63, 3.8) is 0 Å². The molecule has 0 unspecified atom stereocenters. The first kappa shape index (κ1) is 11.9. The van der Waals surface area contributed by atoms with E-state index in [4.69, 9.17) is 10.5 Å². The van der Waals surface area contributed by atoms with Gasteiger partial charge in [0.05, 0.1) is 11.0 Å². The molecule has 0 saturated heterocycles. The van der Waals surface area contributed by atoms with Gasteiger partial charge in [-0.1, -0.05) is 0 Å². The van der Waals surface area contributed by atoms with Gasteiger partial charge in [-0.3, -0.25) is 4.68 Å². The molecule has 0 radical (unpaired) electrons. The van der Waals surface area contributed by atoms with Gasteiger partial charge in [-0.15, -0.1) is 0 Å². The number of hydrogen-bond donors (Lipinski definition) is 1. The van der Waals surface area contributed by atoms with E-state index in [1.54, 1.807) is 23.0 Å². The molecule has 0 amide bonds. The van der Waals surface area contributed by atoms with Gasteiger partial charge in [0.15, 0.2) is 0 Å². The average Bonchev–Trinajstić information content (AvgIpc) is 2.69. The van der Waals surface area contributed by atoms with Gasteiger partial charge in [-0.2, -0.15) is 5.10 Å². The molecule has 0 aliphatic rings. The molecule has 6 heteroatoms.